The van der Waals surface area contributed by atoms with E-state index in [0.717, 1.165) is 30.6 Å². The Kier molecular flexibility index (Phi) is 3.72. The van der Waals surface area contributed by atoms with Gasteiger partial charge in [-0.25, -0.2) is 0 Å². The number of rotatable bonds is 3. The van der Waals surface area contributed by atoms with Crippen LogP contribution in [0.3, 0.4) is 0 Å². The van der Waals surface area contributed by atoms with Crippen LogP contribution in [0.2, 0.25) is 5.02 Å². The van der Waals surface area contributed by atoms with E-state index in [4.69, 9.17) is 21.1 Å². The second-order valence-corrected chi connectivity index (χ2v) is 4.56. The first-order chi connectivity index (χ1) is 7.74. The van der Waals surface area contributed by atoms with Gasteiger partial charge in [-0.1, -0.05) is 24.6 Å². The molecule has 0 radical (unpaired) electrons. The van der Waals surface area contributed by atoms with Gasteiger partial charge in [0.2, 0.25) is 0 Å². The first-order valence-corrected chi connectivity index (χ1v) is 6.11. The van der Waals surface area contributed by atoms with E-state index in [2.05, 4.69) is 6.92 Å². The molecule has 0 bridgehead atoms. The summed E-state index contributed by atoms with van der Waals surface area (Å²) in [5.74, 6) is 0.828. The second kappa shape index (κ2) is 5.07. The van der Waals surface area contributed by atoms with E-state index in [9.17, 15) is 0 Å². The van der Waals surface area contributed by atoms with Crippen LogP contribution in [0.5, 0.6) is 5.75 Å². The van der Waals surface area contributed by atoms with Gasteiger partial charge in [0.25, 0.3) is 0 Å². The Hall–Kier alpha value is -0.730. The molecule has 0 spiro atoms. The van der Waals surface area contributed by atoms with Gasteiger partial charge in [-0.2, -0.15) is 0 Å². The lowest BCUT2D eigenvalue weighted by molar-refractivity contribution is 0.0415. The minimum atomic E-state index is 0.164. The Morgan fingerprint density at radius 3 is 2.88 bits per heavy atom. The Morgan fingerprint density at radius 1 is 1.44 bits per heavy atom. The predicted molar refractivity (Wildman–Crippen MR) is 65.1 cm³/mol. The van der Waals surface area contributed by atoms with Gasteiger partial charge in [-0.05, 0) is 31.4 Å². The minimum Gasteiger partial charge on any atom is -0.496 e. The Bertz CT molecular complexity index is 365. The first-order valence-electron chi connectivity index (χ1n) is 5.73. The summed E-state index contributed by atoms with van der Waals surface area (Å²) in [6.07, 6.45) is 3.83. The van der Waals surface area contributed by atoms with Gasteiger partial charge in [0.1, 0.15) is 5.75 Å². The molecule has 2 nitrogen and oxygen atoms in total. The molecule has 0 aromatic heterocycles. The molecule has 1 aliphatic heterocycles. The van der Waals surface area contributed by atoms with E-state index >= 15 is 0 Å². The van der Waals surface area contributed by atoms with Crippen molar-refractivity contribution in [1.82, 2.24) is 0 Å². The largest absolute Gasteiger partial charge is 0.496 e. The number of ether oxygens (including phenoxy) is 2. The van der Waals surface area contributed by atoms with E-state index in [1.54, 1.807) is 7.11 Å². The van der Waals surface area contributed by atoms with Crippen LogP contribution in [-0.2, 0) is 4.74 Å². The van der Waals surface area contributed by atoms with Crippen LogP contribution in [-0.4, -0.2) is 13.2 Å². The fourth-order valence-electron chi connectivity index (χ4n) is 2.19. The van der Waals surface area contributed by atoms with Crippen molar-refractivity contribution >= 4 is 11.6 Å². The molecule has 0 aliphatic carbocycles. The number of hydrogen-bond donors (Lipinski definition) is 0. The summed E-state index contributed by atoms with van der Waals surface area (Å²) in [6, 6.07) is 5.74. The fraction of sp³-hybridized carbons (Fsp3) is 0.538. The Morgan fingerprint density at radius 2 is 2.25 bits per heavy atom. The summed E-state index contributed by atoms with van der Waals surface area (Å²) in [4.78, 5) is 0. The lowest BCUT2D eigenvalue weighted by Gasteiger charge is -2.16. The summed E-state index contributed by atoms with van der Waals surface area (Å²) in [5.41, 5.74) is 1.11. The van der Waals surface area contributed by atoms with Gasteiger partial charge >= 0.3 is 0 Å². The first kappa shape index (κ1) is 11.7. The van der Waals surface area contributed by atoms with Crippen LogP contribution >= 0.6 is 11.6 Å². The van der Waals surface area contributed by atoms with Crippen molar-refractivity contribution in [1.29, 1.82) is 0 Å². The molecule has 88 valence electrons. The highest BCUT2D eigenvalue weighted by molar-refractivity contribution is 6.30. The van der Waals surface area contributed by atoms with E-state index in [1.165, 1.54) is 0 Å². The van der Waals surface area contributed by atoms with Gasteiger partial charge in [0.05, 0.1) is 19.3 Å². The van der Waals surface area contributed by atoms with Crippen molar-refractivity contribution in [3.8, 4) is 5.75 Å². The summed E-state index contributed by atoms with van der Waals surface area (Å²) in [7, 11) is 1.67. The highest BCUT2D eigenvalue weighted by Crippen LogP contribution is 2.39. The molecule has 1 saturated heterocycles. The summed E-state index contributed by atoms with van der Waals surface area (Å²) < 4.78 is 11.3. The van der Waals surface area contributed by atoms with Crippen molar-refractivity contribution in [2.75, 3.05) is 7.11 Å². The van der Waals surface area contributed by atoms with Crippen LogP contribution in [0, 0.1) is 0 Å². The number of benzene rings is 1. The van der Waals surface area contributed by atoms with Crippen molar-refractivity contribution < 1.29 is 9.47 Å². The topological polar surface area (TPSA) is 18.5 Å². The van der Waals surface area contributed by atoms with Gasteiger partial charge in [0, 0.05) is 10.6 Å². The van der Waals surface area contributed by atoms with E-state index in [-0.39, 0.29) is 6.10 Å². The summed E-state index contributed by atoms with van der Waals surface area (Å²) in [5, 5.41) is 0.700. The smallest absolute Gasteiger partial charge is 0.126 e. The molecule has 2 atom stereocenters. The van der Waals surface area contributed by atoms with Crippen molar-refractivity contribution in [3.63, 3.8) is 0 Å². The molecule has 0 saturated carbocycles. The quantitative estimate of drug-likeness (QED) is 0.796. The normalized spacial score (nSPS) is 24.7. The van der Waals surface area contributed by atoms with E-state index < -0.39 is 0 Å². The minimum absolute atomic E-state index is 0.164. The molecule has 0 N–H and O–H groups in total. The Labute approximate surface area is 102 Å². The number of methoxy groups -OCH3 is 1. The zero-order valence-electron chi connectivity index (χ0n) is 9.70. The molecule has 1 fully saturated rings. The van der Waals surface area contributed by atoms with Crippen LogP contribution in [0.25, 0.3) is 0 Å². The average molecular weight is 241 g/mol. The van der Waals surface area contributed by atoms with Crippen molar-refractivity contribution in [2.24, 2.45) is 0 Å². The molecular formula is C13H17ClO2. The molecule has 16 heavy (non-hydrogen) atoms. The molecule has 1 heterocycles. The van der Waals surface area contributed by atoms with Crippen molar-refractivity contribution in [2.45, 2.75) is 38.4 Å². The average Bonchev–Trinajstić information content (AvgIpc) is 2.77. The molecule has 1 aromatic carbocycles. The third-order valence-electron chi connectivity index (χ3n) is 3.11. The monoisotopic (exact) mass is 240 g/mol. The lowest BCUT2D eigenvalue weighted by Crippen LogP contribution is -2.05. The van der Waals surface area contributed by atoms with Crippen LogP contribution in [0.1, 0.15) is 37.9 Å². The molecule has 2 rings (SSSR count). The molecule has 1 aromatic rings. The molecule has 0 unspecified atom stereocenters. The zero-order valence-corrected chi connectivity index (χ0v) is 10.5. The van der Waals surface area contributed by atoms with Gasteiger partial charge in [0.15, 0.2) is 0 Å². The Balaban J connectivity index is 2.20. The second-order valence-electron chi connectivity index (χ2n) is 4.12. The van der Waals surface area contributed by atoms with E-state index in [1.807, 2.05) is 18.2 Å². The highest BCUT2D eigenvalue weighted by Gasteiger charge is 2.27. The summed E-state index contributed by atoms with van der Waals surface area (Å²) >= 11 is 5.94. The van der Waals surface area contributed by atoms with Gasteiger partial charge < -0.3 is 9.47 Å². The third kappa shape index (κ3) is 2.33. The third-order valence-corrected chi connectivity index (χ3v) is 3.34. The molecule has 0 amide bonds. The maximum absolute atomic E-state index is 5.96. The molecule has 1 aliphatic rings. The maximum Gasteiger partial charge on any atom is 0.126 e. The van der Waals surface area contributed by atoms with Crippen LogP contribution in [0.15, 0.2) is 18.2 Å². The number of halogens is 1. The van der Waals surface area contributed by atoms with E-state index in [0.29, 0.717) is 11.1 Å². The van der Waals surface area contributed by atoms with Crippen LogP contribution < -0.4 is 4.74 Å². The van der Waals surface area contributed by atoms with Crippen molar-refractivity contribution in [3.05, 3.63) is 28.8 Å². The standard InChI is InChI=1S/C13H17ClO2/c1-3-10-5-7-12(16-10)11-6-4-9(14)8-13(11)15-2/h4,6,8,10,12H,3,5,7H2,1-2H3/t10-,12-/m1/s1. The lowest BCUT2D eigenvalue weighted by atomic mass is 10.0. The fourth-order valence-corrected chi connectivity index (χ4v) is 2.35. The zero-order chi connectivity index (χ0) is 11.5. The predicted octanol–water partition coefficient (Wildman–Crippen LogP) is 3.98. The van der Waals surface area contributed by atoms with Crippen LogP contribution in [0.4, 0.5) is 0 Å². The highest BCUT2D eigenvalue weighted by atomic mass is 35.5. The van der Waals surface area contributed by atoms with Gasteiger partial charge in [-0.15, -0.1) is 0 Å². The SMILES string of the molecule is CC[C@@H]1CC[C@H](c2ccc(Cl)cc2OC)O1. The molecular weight excluding hydrogens is 224 g/mol. The van der Waals surface area contributed by atoms with Gasteiger partial charge in [-0.3, -0.25) is 0 Å². The number of hydrogen-bond acceptors (Lipinski definition) is 2. The summed E-state index contributed by atoms with van der Waals surface area (Å²) in [6.45, 7) is 2.16. The molecule has 3 heteroatoms. The maximum atomic E-state index is 5.96.